The van der Waals surface area contributed by atoms with E-state index >= 15 is 0 Å². The molecular weight excluding hydrogens is 358 g/mol. The first-order chi connectivity index (χ1) is 12.7. The molecule has 0 spiro atoms. The minimum absolute atomic E-state index is 0.0667. The molecule has 0 aliphatic rings. The van der Waals surface area contributed by atoms with Crippen molar-refractivity contribution in [1.82, 2.24) is 14.9 Å². The third-order valence-corrected chi connectivity index (χ3v) is 5.34. The van der Waals surface area contributed by atoms with Crippen molar-refractivity contribution in [1.29, 1.82) is 0 Å². The van der Waals surface area contributed by atoms with Crippen molar-refractivity contribution >= 4 is 39.3 Å². The second-order valence-corrected chi connectivity index (χ2v) is 8.97. The number of carbonyl (C=O) groups excluding carboxylic acids is 1. The van der Waals surface area contributed by atoms with Crippen LogP contribution in [-0.4, -0.2) is 26.2 Å². The van der Waals surface area contributed by atoms with E-state index < -0.39 is 0 Å². The van der Waals surface area contributed by atoms with Crippen LogP contribution in [0, 0.1) is 0 Å². The lowest BCUT2D eigenvalue weighted by Gasteiger charge is -2.23. The Morgan fingerprint density at radius 2 is 1.85 bits per heavy atom. The minimum atomic E-state index is -0.355. The molecule has 1 heterocycles. The number of fused-ring (bicyclic) bond motifs is 2. The van der Waals surface area contributed by atoms with Crippen molar-refractivity contribution in [3.63, 3.8) is 0 Å². The maximum Gasteiger partial charge on any atom is 0.262 e. The van der Waals surface area contributed by atoms with Gasteiger partial charge in [-0.05, 0) is 57.5 Å². The van der Waals surface area contributed by atoms with Crippen LogP contribution >= 0.6 is 11.8 Å². The number of thioether (sulfide) groups is 1. The highest BCUT2D eigenvalue weighted by atomic mass is 32.2. The highest BCUT2D eigenvalue weighted by molar-refractivity contribution is 8.00. The van der Waals surface area contributed by atoms with Gasteiger partial charge in [-0.15, -0.1) is 0 Å². The summed E-state index contributed by atoms with van der Waals surface area (Å²) in [5, 5.41) is 5.86. The van der Waals surface area contributed by atoms with E-state index in [4.69, 9.17) is 4.98 Å². The molecule has 0 bridgehead atoms. The van der Waals surface area contributed by atoms with Gasteiger partial charge in [0.25, 0.3) is 5.56 Å². The van der Waals surface area contributed by atoms with E-state index in [2.05, 4.69) is 5.32 Å². The molecule has 1 aromatic heterocycles. The van der Waals surface area contributed by atoms with Gasteiger partial charge in [0.15, 0.2) is 5.16 Å². The molecule has 0 aliphatic heterocycles. The number of nitrogens with zero attached hydrogens (tertiary/aromatic N) is 2. The van der Waals surface area contributed by atoms with Crippen LogP contribution < -0.4 is 10.9 Å². The number of amides is 1. The summed E-state index contributed by atoms with van der Waals surface area (Å²) in [7, 11) is 0. The Labute approximate surface area is 163 Å². The van der Waals surface area contributed by atoms with Crippen molar-refractivity contribution in [3.8, 4) is 0 Å². The molecule has 0 saturated carbocycles. The van der Waals surface area contributed by atoms with Crippen molar-refractivity contribution in [2.45, 2.75) is 57.1 Å². The predicted molar refractivity (Wildman–Crippen MR) is 112 cm³/mol. The van der Waals surface area contributed by atoms with Gasteiger partial charge in [-0.2, -0.15) is 0 Å². The van der Waals surface area contributed by atoms with E-state index in [1.165, 1.54) is 11.8 Å². The molecule has 2 aromatic carbocycles. The van der Waals surface area contributed by atoms with Crippen LogP contribution in [-0.2, 0) is 11.3 Å². The van der Waals surface area contributed by atoms with E-state index in [0.717, 1.165) is 10.8 Å². The quantitative estimate of drug-likeness (QED) is 0.421. The lowest BCUT2D eigenvalue weighted by Crippen LogP contribution is -2.44. The average molecular weight is 384 g/mol. The fourth-order valence-electron chi connectivity index (χ4n) is 2.94. The summed E-state index contributed by atoms with van der Waals surface area (Å²) in [5.41, 5.74) is 0.292. The standard InChI is InChI=1S/C21H25N3O2S/c1-6-24-19(26)16-11-14-9-7-8-10-15(14)12-17(16)22-20(24)27-13(2)18(25)23-21(3,4)5/h7-13H,6H2,1-5H3,(H,23,25)/t13-/m0/s1. The average Bonchev–Trinajstić information content (AvgIpc) is 2.59. The van der Waals surface area contributed by atoms with Crippen molar-refractivity contribution in [2.75, 3.05) is 0 Å². The molecule has 1 atom stereocenters. The lowest BCUT2D eigenvalue weighted by molar-refractivity contribution is -0.121. The normalized spacial score (nSPS) is 13.1. The van der Waals surface area contributed by atoms with E-state index in [1.807, 2.05) is 71.0 Å². The Kier molecular flexibility index (Phi) is 5.29. The third-order valence-electron chi connectivity index (χ3n) is 4.25. The zero-order valence-electron chi connectivity index (χ0n) is 16.4. The highest BCUT2D eigenvalue weighted by Gasteiger charge is 2.22. The van der Waals surface area contributed by atoms with E-state index in [-0.39, 0.29) is 22.3 Å². The van der Waals surface area contributed by atoms with Crippen molar-refractivity contribution in [2.24, 2.45) is 0 Å². The SMILES string of the molecule is CCn1c(S[C@@H](C)C(=O)NC(C)(C)C)nc2cc3ccccc3cc2c1=O. The minimum Gasteiger partial charge on any atom is -0.351 e. The molecule has 0 unspecified atom stereocenters. The first-order valence-electron chi connectivity index (χ1n) is 9.11. The zero-order valence-corrected chi connectivity index (χ0v) is 17.2. The summed E-state index contributed by atoms with van der Waals surface area (Å²) in [6.07, 6.45) is 0. The molecule has 0 saturated heterocycles. The molecule has 3 aromatic rings. The van der Waals surface area contributed by atoms with Gasteiger partial charge in [0.2, 0.25) is 5.91 Å². The molecule has 0 radical (unpaired) electrons. The summed E-state index contributed by atoms with van der Waals surface area (Å²) < 4.78 is 1.64. The molecule has 0 aliphatic carbocycles. The first kappa shape index (κ1) is 19.4. The summed E-state index contributed by atoms with van der Waals surface area (Å²) >= 11 is 1.32. The van der Waals surface area contributed by atoms with Crippen LogP contribution in [0.5, 0.6) is 0 Å². The fourth-order valence-corrected chi connectivity index (χ4v) is 3.91. The molecule has 1 N–H and O–H groups in total. The molecule has 3 rings (SSSR count). The van der Waals surface area contributed by atoms with Crippen LogP contribution in [0.25, 0.3) is 21.7 Å². The molecule has 27 heavy (non-hydrogen) atoms. The first-order valence-corrected chi connectivity index (χ1v) is 9.99. The van der Waals surface area contributed by atoms with Gasteiger partial charge in [0, 0.05) is 12.1 Å². The Bertz CT molecular complexity index is 1070. The Balaban J connectivity index is 2.05. The Morgan fingerprint density at radius 1 is 1.22 bits per heavy atom. The fraction of sp³-hybridized carbons (Fsp3) is 0.381. The van der Waals surface area contributed by atoms with Gasteiger partial charge in [0.1, 0.15) is 0 Å². The maximum atomic E-state index is 13.0. The van der Waals surface area contributed by atoms with Crippen LogP contribution in [0.4, 0.5) is 0 Å². The summed E-state index contributed by atoms with van der Waals surface area (Å²) in [5.74, 6) is -0.0667. The van der Waals surface area contributed by atoms with Gasteiger partial charge < -0.3 is 5.32 Å². The smallest absolute Gasteiger partial charge is 0.262 e. The van der Waals surface area contributed by atoms with Crippen molar-refractivity contribution in [3.05, 3.63) is 46.8 Å². The Hall–Kier alpha value is -2.34. The maximum absolute atomic E-state index is 13.0. The van der Waals surface area contributed by atoms with E-state index in [0.29, 0.717) is 22.6 Å². The van der Waals surface area contributed by atoms with Crippen LogP contribution in [0.3, 0.4) is 0 Å². The van der Waals surface area contributed by atoms with Crippen LogP contribution in [0.2, 0.25) is 0 Å². The number of carbonyl (C=O) groups is 1. The van der Waals surface area contributed by atoms with Gasteiger partial charge >= 0.3 is 0 Å². The second kappa shape index (κ2) is 7.35. The molecule has 6 heteroatoms. The predicted octanol–water partition coefficient (Wildman–Crippen LogP) is 3.96. The summed E-state index contributed by atoms with van der Waals surface area (Å²) in [6.45, 7) is 10.1. The van der Waals surface area contributed by atoms with Gasteiger partial charge in [-0.25, -0.2) is 4.98 Å². The monoisotopic (exact) mass is 383 g/mol. The van der Waals surface area contributed by atoms with E-state index in [9.17, 15) is 9.59 Å². The molecular formula is C21H25N3O2S. The molecule has 5 nitrogen and oxygen atoms in total. The third kappa shape index (κ3) is 4.16. The number of hydrogen-bond donors (Lipinski definition) is 1. The van der Waals surface area contributed by atoms with Crippen LogP contribution in [0.1, 0.15) is 34.6 Å². The van der Waals surface area contributed by atoms with Gasteiger partial charge in [0.05, 0.1) is 16.2 Å². The topological polar surface area (TPSA) is 64.0 Å². The van der Waals surface area contributed by atoms with Crippen molar-refractivity contribution < 1.29 is 4.79 Å². The van der Waals surface area contributed by atoms with Crippen LogP contribution in [0.15, 0.2) is 46.3 Å². The second-order valence-electron chi connectivity index (χ2n) is 7.66. The van der Waals surface area contributed by atoms with Gasteiger partial charge in [-0.3, -0.25) is 14.2 Å². The zero-order chi connectivity index (χ0) is 19.8. The number of nitrogens with one attached hydrogen (secondary N) is 1. The number of aromatic nitrogens is 2. The number of benzene rings is 2. The lowest BCUT2D eigenvalue weighted by atomic mass is 10.1. The van der Waals surface area contributed by atoms with Gasteiger partial charge in [-0.1, -0.05) is 36.0 Å². The number of rotatable bonds is 4. The Morgan fingerprint density at radius 3 is 2.44 bits per heavy atom. The summed E-state index contributed by atoms with van der Waals surface area (Å²) in [4.78, 5) is 30.2. The molecule has 0 fully saturated rings. The van der Waals surface area contributed by atoms with E-state index in [1.54, 1.807) is 4.57 Å². The largest absolute Gasteiger partial charge is 0.351 e. The molecule has 142 valence electrons. The number of hydrogen-bond acceptors (Lipinski definition) is 4. The highest BCUT2D eigenvalue weighted by Crippen LogP contribution is 2.25. The summed E-state index contributed by atoms with van der Waals surface area (Å²) in [6, 6.07) is 11.8. The molecule has 1 amide bonds.